The topological polar surface area (TPSA) is 21.3 Å². The third-order valence-corrected chi connectivity index (χ3v) is 2.96. The number of benzene rings is 1. The molecule has 18 heavy (non-hydrogen) atoms. The molecular formula is C14H21F2NO. The minimum absolute atomic E-state index is 0.0571. The Balaban J connectivity index is 2.93. The predicted octanol–water partition coefficient (Wildman–Crippen LogP) is 3.43. The van der Waals surface area contributed by atoms with Crippen LogP contribution in [0.1, 0.15) is 38.3 Å². The fourth-order valence-corrected chi connectivity index (χ4v) is 1.89. The standard InChI is InChI=1S/C14H21F2NO/c1-4-8-17-13(9-10(2)18-3)14-11(15)6-5-7-12(14)16/h5-7,10,13,17H,4,8-9H2,1-3H3. The van der Waals surface area contributed by atoms with Crippen molar-refractivity contribution in [3.63, 3.8) is 0 Å². The smallest absolute Gasteiger partial charge is 0.130 e. The van der Waals surface area contributed by atoms with Gasteiger partial charge in [-0.05, 0) is 38.4 Å². The first-order valence-corrected chi connectivity index (χ1v) is 6.30. The van der Waals surface area contributed by atoms with Gasteiger partial charge in [-0.2, -0.15) is 0 Å². The number of halogens is 2. The SMILES string of the molecule is CCCNC(CC(C)OC)c1c(F)cccc1F. The predicted molar refractivity (Wildman–Crippen MR) is 68.5 cm³/mol. The van der Waals surface area contributed by atoms with Crippen molar-refractivity contribution in [3.05, 3.63) is 35.4 Å². The minimum atomic E-state index is -0.507. The average molecular weight is 257 g/mol. The Kier molecular flexibility index (Phi) is 6.22. The molecule has 0 saturated heterocycles. The third-order valence-electron chi connectivity index (χ3n) is 2.96. The molecule has 1 aromatic carbocycles. The lowest BCUT2D eigenvalue weighted by molar-refractivity contribution is 0.0995. The van der Waals surface area contributed by atoms with Gasteiger partial charge in [-0.3, -0.25) is 0 Å². The Hall–Kier alpha value is -1.00. The Morgan fingerprint density at radius 1 is 1.28 bits per heavy atom. The van der Waals surface area contributed by atoms with Crippen LogP contribution in [0.3, 0.4) is 0 Å². The van der Waals surface area contributed by atoms with E-state index in [4.69, 9.17) is 4.74 Å². The van der Waals surface area contributed by atoms with Gasteiger partial charge in [0.15, 0.2) is 0 Å². The third kappa shape index (κ3) is 4.03. The van der Waals surface area contributed by atoms with E-state index in [1.54, 1.807) is 7.11 Å². The molecular weight excluding hydrogens is 236 g/mol. The second-order valence-corrected chi connectivity index (χ2v) is 4.42. The Morgan fingerprint density at radius 2 is 1.89 bits per heavy atom. The van der Waals surface area contributed by atoms with E-state index >= 15 is 0 Å². The van der Waals surface area contributed by atoms with Crippen molar-refractivity contribution in [2.24, 2.45) is 0 Å². The van der Waals surface area contributed by atoms with Crippen LogP contribution in [0.15, 0.2) is 18.2 Å². The zero-order valence-electron chi connectivity index (χ0n) is 11.2. The molecule has 2 nitrogen and oxygen atoms in total. The zero-order chi connectivity index (χ0) is 13.5. The molecule has 0 spiro atoms. The van der Waals surface area contributed by atoms with E-state index in [2.05, 4.69) is 5.32 Å². The molecule has 2 atom stereocenters. The lowest BCUT2D eigenvalue weighted by Gasteiger charge is -2.23. The average Bonchev–Trinajstić information content (AvgIpc) is 2.35. The molecule has 0 aliphatic rings. The van der Waals surface area contributed by atoms with Crippen LogP contribution >= 0.6 is 0 Å². The molecule has 1 aromatic rings. The molecule has 0 radical (unpaired) electrons. The summed E-state index contributed by atoms with van der Waals surface area (Å²) in [5.41, 5.74) is 0.106. The molecule has 0 saturated carbocycles. The summed E-state index contributed by atoms with van der Waals surface area (Å²) in [6.07, 6.45) is 1.39. The molecule has 0 fully saturated rings. The normalized spacial score (nSPS) is 14.5. The number of hydrogen-bond acceptors (Lipinski definition) is 2. The van der Waals surface area contributed by atoms with Crippen molar-refractivity contribution in [1.29, 1.82) is 0 Å². The van der Waals surface area contributed by atoms with Crippen LogP contribution in [-0.2, 0) is 4.74 Å². The van der Waals surface area contributed by atoms with Crippen LogP contribution in [0, 0.1) is 11.6 Å². The van der Waals surface area contributed by atoms with E-state index in [1.807, 2.05) is 13.8 Å². The highest BCUT2D eigenvalue weighted by molar-refractivity contribution is 5.23. The van der Waals surface area contributed by atoms with Crippen molar-refractivity contribution >= 4 is 0 Å². The van der Waals surface area contributed by atoms with E-state index in [0.29, 0.717) is 6.42 Å². The Labute approximate surface area is 107 Å². The van der Waals surface area contributed by atoms with Crippen molar-refractivity contribution in [3.8, 4) is 0 Å². The molecule has 0 aliphatic heterocycles. The first-order valence-electron chi connectivity index (χ1n) is 6.30. The number of methoxy groups -OCH3 is 1. The van der Waals surface area contributed by atoms with Crippen molar-refractivity contribution < 1.29 is 13.5 Å². The van der Waals surface area contributed by atoms with Crippen molar-refractivity contribution in [2.45, 2.75) is 38.8 Å². The van der Waals surface area contributed by atoms with Gasteiger partial charge in [-0.1, -0.05) is 13.0 Å². The van der Waals surface area contributed by atoms with E-state index in [9.17, 15) is 8.78 Å². The first-order chi connectivity index (χ1) is 8.60. The van der Waals surface area contributed by atoms with E-state index in [0.717, 1.165) is 13.0 Å². The van der Waals surface area contributed by atoms with E-state index < -0.39 is 11.6 Å². The molecule has 0 amide bonds. The maximum Gasteiger partial charge on any atom is 0.130 e. The molecule has 0 bridgehead atoms. The summed E-state index contributed by atoms with van der Waals surface area (Å²) in [7, 11) is 1.60. The Bertz CT molecular complexity index is 351. The lowest BCUT2D eigenvalue weighted by Crippen LogP contribution is -2.27. The van der Waals surface area contributed by atoms with Gasteiger partial charge in [0.05, 0.1) is 6.10 Å². The zero-order valence-corrected chi connectivity index (χ0v) is 11.2. The lowest BCUT2D eigenvalue weighted by atomic mass is 9.99. The molecule has 1 rings (SSSR count). The summed E-state index contributed by atoms with van der Waals surface area (Å²) in [5.74, 6) is -1.01. The van der Waals surface area contributed by atoms with Gasteiger partial charge < -0.3 is 10.1 Å². The molecule has 2 unspecified atom stereocenters. The van der Waals surface area contributed by atoms with Gasteiger partial charge in [-0.25, -0.2) is 8.78 Å². The summed E-state index contributed by atoms with van der Waals surface area (Å²) >= 11 is 0. The van der Waals surface area contributed by atoms with Crippen LogP contribution in [0.5, 0.6) is 0 Å². The van der Waals surface area contributed by atoms with Crippen LogP contribution in [0.25, 0.3) is 0 Å². The van der Waals surface area contributed by atoms with Gasteiger partial charge in [0.2, 0.25) is 0 Å². The highest BCUT2D eigenvalue weighted by Gasteiger charge is 2.21. The van der Waals surface area contributed by atoms with Gasteiger partial charge >= 0.3 is 0 Å². The highest BCUT2D eigenvalue weighted by atomic mass is 19.1. The molecule has 102 valence electrons. The molecule has 0 aromatic heterocycles. The second-order valence-electron chi connectivity index (χ2n) is 4.42. The largest absolute Gasteiger partial charge is 0.382 e. The summed E-state index contributed by atoms with van der Waals surface area (Å²) in [6.45, 7) is 4.62. The molecule has 1 N–H and O–H groups in total. The maximum absolute atomic E-state index is 13.8. The van der Waals surface area contributed by atoms with Crippen molar-refractivity contribution in [1.82, 2.24) is 5.32 Å². The van der Waals surface area contributed by atoms with Gasteiger partial charge in [-0.15, -0.1) is 0 Å². The van der Waals surface area contributed by atoms with Gasteiger partial charge in [0.25, 0.3) is 0 Å². The highest BCUT2D eigenvalue weighted by Crippen LogP contribution is 2.25. The minimum Gasteiger partial charge on any atom is -0.382 e. The molecule has 0 aliphatic carbocycles. The summed E-state index contributed by atoms with van der Waals surface area (Å²) in [5, 5.41) is 3.17. The van der Waals surface area contributed by atoms with Crippen LogP contribution in [0.2, 0.25) is 0 Å². The van der Waals surface area contributed by atoms with Crippen LogP contribution < -0.4 is 5.32 Å². The van der Waals surface area contributed by atoms with Crippen molar-refractivity contribution in [2.75, 3.05) is 13.7 Å². The Morgan fingerprint density at radius 3 is 2.39 bits per heavy atom. The quantitative estimate of drug-likeness (QED) is 0.808. The summed E-state index contributed by atoms with van der Waals surface area (Å²) in [6, 6.07) is 3.60. The molecule has 4 heteroatoms. The van der Waals surface area contributed by atoms with Gasteiger partial charge in [0, 0.05) is 18.7 Å². The number of hydrogen-bond donors (Lipinski definition) is 1. The summed E-state index contributed by atoms with van der Waals surface area (Å²) < 4.78 is 32.7. The first kappa shape index (κ1) is 15.1. The fourth-order valence-electron chi connectivity index (χ4n) is 1.89. The summed E-state index contributed by atoms with van der Waals surface area (Å²) in [4.78, 5) is 0. The van der Waals surface area contributed by atoms with Crippen LogP contribution in [0.4, 0.5) is 8.78 Å². The molecule has 0 heterocycles. The number of rotatable bonds is 7. The van der Waals surface area contributed by atoms with E-state index in [-0.39, 0.29) is 17.7 Å². The maximum atomic E-state index is 13.8. The second kappa shape index (κ2) is 7.44. The van der Waals surface area contributed by atoms with E-state index in [1.165, 1.54) is 18.2 Å². The van der Waals surface area contributed by atoms with Crippen LogP contribution in [-0.4, -0.2) is 19.8 Å². The number of ether oxygens (including phenoxy) is 1. The van der Waals surface area contributed by atoms with Gasteiger partial charge in [0.1, 0.15) is 11.6 Å². The fraction of sp³-hybridized carbons (Fsp3) is 0.571. The monoisotopic (exact) mass is 257 g/mol. The number of nitrogens with one attached hydrogen (secondary N) is 1.